The lowest BCUT2D eigenvalue weighted by molar-refractivity contribution is -0.177. The van der Waals surface area contributed by atoms with Crippen molar-refractivity contribution < 1.29 is 27.4 Å². The number of fused-ring (bicyclic) bond motifs is 1. The highest BCUT2D eigenvalue weighted by atomic mass is 19.1. The lowest BCUT2D eigenvalue weighted by Gasteiger charge is -2.50. The van der Waals surface area contributed by atoms with Crippen molar-refractivity contribution in [1.82, 2.24) is 14.5 Å². The van der Waals surface area contributed by atoms with Gasteiger partial charge in [-0.1, -0.05) is 0 Å². The van der Waals surface area contributed by atoms with E-state index in [2.05, 4.69) is 20.6 Å². The number of anilines is 3. The van der Waals surface area contributed by atoms with E-state index in [0.29, 0.717) is 36.8 Å². The Bertz CT molecular complexity index is 1350. The molecule has 4 heterocycles. The van der Waals surface area contributed by atoms with E-state index in [4.69, 9.17) is 14.2 Å². The van der Waals surface area contributed by atoms with Gasteiger partial charge in [-0.2, -0.15) is 0 Å². The normalized spacial score (nSPS) is 24.3. The number of halogens is 3. The van der Waals surface area contributed by atoms with Crippen LogP contribution in [0, 0.1) is 22.9 Å². The van der Waals surface area contributed by atoms with Crippen LogP contribution in [0.1, 0.15) is 57.4 Å². The Morgan fingerprint density at radius 1 is 0.897 bits per heavy atom. The molecule has 2 N–H and O–H groups in total. The largest absolute Gasteiger partial charge is 0.381 e. The first-order valence-electron chi connectivity index (χ1n) is 13.8. The Labute approximate surface area is 224 Å². The van der Waals surface area contributed by atoms with Gasteiger partial charge in [0.1, 0.15) is 22.8 Å². The third-order valence-corrected chi connectivity index (χ3v) is 8.99. The van der Waals surface area contributed by atoms with Gasteiger partial charge in [0.2, 0.25) is 5.95 Å². The van der Waals surface area contributed by atoms with Crippen molar-refractivity contribution in [3.8, 4) is 0 Å². The Morgan fingerprint density at radius 3 is 2.28 bits per heavy atom. The van der Waals surface area contributed by atoms with Crippen LogP contribution >= 0.6 is 0 Å². The van der Waals surface area contributed by atoms with E-state index in [1.54, 1.807) is 6.20 Å². The van der Waals surface area contributed by atoms with E-state index < -0.39 is 28.9 Å². The van der Waals surface area contributed by atoms with Crippen LogP contribution < -0.4 is 10.6 Å². The van der Waals surface area contributed by atoms with Crippen LogP contribution in [-0.2, 0) is 14.2 Å². The number of benzene rings is 1. The summed E-state index contributed by atoms with van der Waals surface area (Å²) in [4.78, 5) is 9.26. The van der Waals surface area contributed by atoms with Crippen molar-refractivity contribution in [2.24, 2.45) is 5.41 Å². The molecule has 2 spiro atoms. The highest BCUT2D eigenvalue weighted by Crippen LogP contribution is 2.56. The summed E-state index contributed by atoms with van der Waals surface area (Å²) in [5.74, 6) is -2.37. The molecule has 7 rings (SSSR count). The SMILES string of the molecule is Fc1cc(F)c(Nc2nc3cnc(NC4CCC5(CC4)OCCO5)cc3n2C2CC3(CCOCC3)C2)c(F)c1. The number of aromatic nitrogens is 3. The van der Waals surface area contributed by atoms with Crippen molar-refractivity contribution in [2.45, 2.75) is 69.2 Å². The molecule has 2 saturated heterocycles. The highest BCUT2D eigenvalue weighted by molar-refractivity contribution is 5.81. The molecule has 4 fully saturated rings. The van der Waals surface area contributed by atoms with Crippen molar-refractivity contribution in [3.63, 3.8) is 0 Å². The predicted octanol–water partition coefficient (Wildman–Crippen LogP) is 5.82. The second-order valence-corrected chi connectivity index (χ2v) is 11.4. The second-order valence-electron chi connectivity index (χ2n) is 11.4. The zero-order chi connectivity index (χ0) is 26.6. The Hall–Kier alpha value is -2.89. The Balaban J connectivity index is 1.18. The summed E-state index contributed by atoms with van der Waals surface area (Å²) >= 11 is 0. The molecular weight excluding hydrogens is 511 g/mol. The van der Waals surface area contributed by atoms with Gasteiger partial charge in [0.25, 0.3) is 0 Å². The predicted molar refractivity (Wildman–Crippen MR) is 138 cm³/mol. The van der Waals surface area contributed by atoms with Gasteiger partial charge in [-0.15, -0.1) is 0 Å². The van der Waals surface area contributed by atoms with Gasteiger partial charge < -0.3 is 29.4 Å². The highest BCUT2D eigenvalue weighted by Gasteiger charge is 2.47. The molecule has 8 nitrogen and oxygen atoms in total. The molecule has 11 heteroatoms. The molecule has 39 heavy (non-hydrogen) atoms. The summed E-state index contributed by atoms with van der Waals surface area (Å²) < 4.78 is 62.0. The number of imidazole rings is 1. The summed E-state index contributed by atoms with van der Waals surface area (Å²) in [6, 6.07) is 3.63. The van der Waals surface area contributed by atoms with Crippen LogP contribution in [0.2, 0.25) is 0 Å². The summed E-state index contributed by atoms with van der Waals surface area (Å²) in [7, 11) is 0. The summed E-state index contributed by atoms with van der Waals surface area (Å²) in [6.45, 7) is 2.81. The summed E-state index contributed by atoms with van der Waals surface area (Å²) in [6.07, 6.45) is 9.04. The van der Waals surface area contributed by atoms with Gasteiger partial charge >= 0.3 is 0 Å². The monoisotopic (exact) mass is 543 g/mol. The van der Waals surface area contributed by atoms with Gasteiger partial charge in [0.05, 0.1) is 24.9 Å². The summed E-state index contributed by atoms with van der Waals surface area (Å²) in [5.41, 5.74) is 1.25. The van der Waals surface area contributed by atoms with Gasteiger partial charge in [-0.25, -0.2) is 23.1 Å². The van der Waals surface area contributed by atoms with E-state index >= 15 is 0 Å². The second kappa shape index (κ2) is 9.64. The molecule has 0 radical (unpaired) electrons. The van der Waals surface area contributed by atoms with Gasteiger partial charge in [-0.05, 0) is 43.9 Å². The van der Waals surface area contributed by atoms with E-state index in [-0.39, 0.29) is 17.5 Å². The number of nitrogens with one attached hydrogen (secondary N) is 2. The van der Waals surface area contributed by atoms with E-state index in [9.17, 15) is 13.2 Å². The van der Waals surface area contributed by atoms with Crippen molar-refractivity contribution in [2.75, 3.05) is 37.1 Å². The van der Waals surface area contributed by atoms with Crippen LogP contribution in [-0.4, -0.2) is 52.8 Å². The van der Waals surface area contributed by atoms with Crippen molar-refractivity contribution in [1.29, 1.82) is 0 Å². The maximum atomic E-state index is 14.6. The van der Waals surface area contributed by atoms with E-state index in [1.165, 1.54) is 0 Å². The van der Waals surface area contributed by atoms with E-state index in [1.807, 2.05) is 10.6 Å². The average Bonchev–Trinajstić information content (AvgIpc) is 3.51. The van der Waals surface area contributed by atoms with Crippen LogP contribution in [0.4, 0.5) is 30.6 Å². The minimum absolute atomic E-state index is 0.101. The number of hydrogen-bond acceptors (Lipinski definition) is 7. The maximum absolute atomic E-state index is 14.6. The Kier molecular flexibility index (Phi) is 6.20. The first-order valence-corrected chi connectivity index (χ1v) is 13.8. The molecule has 3 aromatic rings. The smallest absolute Gasteiger partial charge is 0.208 e. The fraction of sp³-hybridized carbons (Fsp3) is 0.571. The van der Waals surface area contributed by atoms with Gasteiger partial charge in [-0.3, -0.25) is 0 Å². The first kappa shape index (κ1) is 25.1. The lowest BCUT2D eigenvalue weighted by Crippen LogP contribution is -2.42. The molecule has 4 aliphatic rings. The number of hydrogen-bond donors (Lipinski definition) is 2. The quantitative estimate of drug-likeness (QED) is 0.420. The molecule has 1 aromatic carbocycles. The fourth-order valence-electron chi connectivity index (χ4n) is 6.84. The number of rotatable bonds is 5. The minimum Gasteiger partial charge on any atom is -0.381 e. The molecule has 0 atom stereocenters. The maximum Gasteiger partial charge on any atom is 0.208 e. The molecule has 2 aromatic heterocycles. The topological polar surface area (TPSA) is 82.5 Å². The molecule has 0 amide bonds. The standard InChI is InChI=1S/C28H32F3N5O3/c29-17-11-20(30)25(21(31)12-17)35-26-34-22-16-32-24(33-18-1-3-28(4-2-18)38-9-10-39-28)13-23(22)36(26)19-14-27(15-19)5-7-37-8-6-27/h11-13,16,18-19H,1-10,14-15H2,(H,32,33)(H,34,35). The molecule has 208 valence electrons. The minimum atomic E-state index is -1.01. The van der Waals surface area contributed by atoms with Crippen LogP contribution in [0.15, 0.2) is 24.4 Å². The fourth-order valence-corrected chi connectivity index (χ4v) is 6.84. The molecule has 2 aliphatic heterocycles. The number of pyridine rings is 1. The molecule has 0 unspecified atom stereocenters. The van der Waals surface area contributed by atoms with Gasteiger partial charge in [0.15, 0.2) is 17.4 Å². The molecule has 2 saturated carbocycles. The van der Waals surface area contributed by atoms with Crippen molar-refractivity contribution in [3.05, 3.63) is 41.8 Å². The third kappa shape index (κ3) is 4.64. The number of ether oxygens (including phenoxy) is 3. The third-order valence-electron chi connectivity index (χ3n) is 8.99. The molecular formula is C28H32F3N5O3. The summed E-state index contributed by atoms with van der Waals surface area (Å²) in [5, 5.41) is 6.39. The first-order chi connectivity index (χ1) is 18.9. The van der Waals surface area contributed by atoms with Crippen LogP contribution in [0.25, 0.3) is 11.0 Å². The average molecular weight is 544 g/mol. The van der Waals surface area contributed by atoms with Crippen molar-refractivity contribution >= 4 is 28.5 Å². The zero-order valence-corrected chi connectivity index (χ0v) is 21.6. The van der Waals surface area contributed by atoms with Crippen LogP contribution in [0.5, 0.6) is 0 Å². The number of nitrogens with zero attached hydrogens (tertiary/aromatic N) is 3. The lowest BCUT2D eigenvalue weighted by atomic mass is 9.61. The van der Waals surface area contributed by atoms with Gasteiger partial charge in [0, 0.05) is 56.3 Å². The van der Waals surface area contributed by atoms with E-state index in [0.717, 1.165) is 75.9 Å². The van der Waals surface area contributed by atoms with Crippen LogP contribution in [0.3, 0.4) is 0 Å². The molecule has 0 bridgehead atoms. The zero-order valence-electron chi connectivity index (χ0n) is 21.6. The molecule has 2 aliphatic carbocycles. The Morgan fingerprint density at radius 2 is 1.59 bits per heavy atom.